The van der Waals surface area contributed by atoms with E-state index in [9.17, 15) is 9.59 Å². The van der Waals surface area contributed by atoms with Crippen molar-refractivity contribution in [2.24, 2.45) is 5.73 Å². The highest BCUT2D eigenvalue weighted by molar-refractivity contribution is 5.77. The van der Waals surface area contributed by atoms with Crippen molar-refractivity contribution in [3.8, 4) is 0 Å². The quantitative estimate of drug-likeness (QED) is 0.687. The first-order valence-electron chi connectivity index (χ1n) is 10.2. The van der Waals surface area contributed by atoms with Crippen LogP contribution in [0.1, 0.15) is 58.4 Å². The molecule has 156 valence electrons. The summed E-state index contributed by atoms with van der Waals surface area (Å²) < 4.78 is 10.9. The van der Waals surface area contributed by atoms with E-state index in [1.54, 1.807) is 0 Å². The predicted octanol–water partition coefficient (Wildman–Crippen LogP) is 3.03. The maximum Gasteiger partial charge on any atom is 0.323 e. The molecule has 1 aliphatic rings. The van der Waals surface area contributed by atoms with Gasteiger partial charge in [0.1, 0.15) is 24.3 Å². The lowest BCUT2D eigenvalue weighted by atomic mass is 10.0. The lowest BCUT2D eigenvalue weighted by Gasteiger charge is -2.35. The normalized spacial score (nSPS) is 17.6. The first-order chi connectivity index (χ1) is 13.3. The summed E-state index contributed by atoms with van der Waals surface area (Å²) in [5.74, 6) is -0.676. The Bertz CT molecular complexity index is 621. The number of hydrogen-bond acceptors (Lipinski definition) is 6. The van der Waals surface area contributed by atoms with Gasteiger partial charge >= 0.3 is 11.9 Å². The molecule has 0 saturated carbocycles. The number of piperidine rings is 1. The second-order valence-electron chi connectivity index (χ2n) is 8.42. The summed E-state index contributed by atoms with van der Waals surface area (Å²) in [7, 11) is 0. The summed E-state index contributed by atoms with van der Waals surface area (Å²) in [5, 5.41) is 0. The predicted molar refractivity (Wildman–Crippen MR) is 109 cm³/mol. The number of carbonyl (C=O) groups excluding carboxylic acids is 2. The topological polar surface area (TPSA) is 81.9 Å². The average Bonchev–Trinajstić information content (AvgIpc) is 2.66. The van der Waals surface area contributed by atoms with E-state index in [2.05, 4.69) is 4.90 Å². The number of carbonyl (C=O) groups is 2. The van der Waals surface area contributed by atoms with Crippen LogP contribution in [-0.4, -0.2) is 47.6 Å². The van der Waals surface area contributed by atoms with Gasteiger partial charge in [0.25, 0.3) is 0 Å². The van der Waals surface area contributed by atoms with E-state index in [0.29, 0.717) is 12.8 Å². The highest BCUT2D eigenvalue weighted by Gasteiger charge is 2.32. The van der Waals surface area contributed by atoms with Crippen LogP contribution in [0.4, 0.5) is 0 Å². The van der Waals surface area contributed by atoms with E-state index >= 15 is 0 Å². The number of esters is 2. The Balaban J connectivity index is 1.89. The minimum absolute atomic E-state index is 0.203. The molecule has 1 heterocycles. The lowest BCUT2D eigenvalue weighted by Crippen LogP contribution is -2.47. The SMILES string of the molecule is CC(C)(C)OC(=O)C(CCC(N)C(=O)OCc1ccccc1)N1CCCCC1. The van der Waals surface area contributed by atoms with Crippen LogP contribution in [0, 0.1) is 0 Å². The monoisotopic (exact) mass is 390 g/mol. The van der Waals surface area contributed by atoms with Crippen molar-refractivity contribution in [1.29, 1.82) is 0 Å². The Morgan fingerprint density at radius 1 is 1.04 bits per heavy atom. The third kappa shape index (κ3) is 7.60. The van der Waals surface area contributed by atoms with Crippen LogP contribution in [-0.2, 0) is 25.7 Å². The molecule has 0 radical (unpaired) electrons. The molecule has 0 aliphatic carbocycles. The molecular formula is C22H34N2O4. The number of nitrogens with two attached hydrogens (primary N) is 1. The fraction of sp³-hybridized carbons (Fsp3) is 0.636. The fourth-order valence-corrected chi connectivity index (χ4v) is 3.34. The Hall–Kier alpha value is -1.92. The van der Waals surface area contributed by atoms with E-state index in [1.807, 2.05) is 51.1 Å². The number of rotatable bonds is 8. The van der Waals surface area contributed by atoms with Crippen LogP contribution in [0.15, 0.2) is 30.3 Å². The summed E-state index contributed by atoms with van der Waals surface area (Å²) in [5.41, 5.74) is 6.42. The number of ether oxygens (including phenoxy) is 2. The van der Waals surface area contributed by atoms with Crippen LogP contribution in [0.3, 0.4) is 0 Å². The molecule has 0 aromatic heterocycles. The molecular weight excluding hydrogens is 356 g/mol. The molecule has 0 amide bonds. The van der Waals surface area contributed by atoms with E-state index in [4.69, 9.17) is 15.2 Å². The lowest BCUT2D eigenvalue weighted by molar-refractivity contribution is -0.162. The maximum atomic E-state index is 12.7. The van der Waals surface area contributed by atoms with Gasteiger partial charge in [-0.05, 0) is 65.1 Å². The number of hydrogen-bond donors (Lipinski definition) is 1. The molecule has 2 rings (SSSR count). The molecule has 1 saturated heterocycles. The summed E-state index contributed by atoms with van der Waals surface area (Å²) in [6.07, 6.45) is 4.20. The molecule has 2 atom stereocenters. The number of benzene rings is 1. The molecule has 0 spiro atoms. The van der Waals surface area contributed by atoms with Crippen LogP contribution < -0.4 is 5.73 Å². The minimum Gasteiger partial charge on any atom is -0.460 e. The molecule has 2 unspecified atom stereocenters. The largest absolute Gasteiger partial charge is 0.460 e. The molecule has 0 bridgehead atoms. The maximum absolute atomic E-state index is 12.7. The standard InChI is InChI=1S/C22H34N2O4/c1-22(2,3)28-21(26)19(24-14-8-5-9-15-24)13-12-18(23)20(25)27-16-17-10-6-4-7-11-17/h4,6-7,10-11,18-19H,5,8-9,12-16,23H2,1-3H3. The van der Waals surface area contributed by atoms with Crippen molar-refractivity contribution in [2.45, 2.75) is 77.2 Å². The zero-order valence-electron chi connectivity index (χ0n) is 17.4. The molecule has 1 aliphatic heterocycles. The van der Waals surface area contributed by atoms with E-state index < -0.39 is 17.6 Å². The first-order valence-corrected chi connectivity index (χ1v) is 10.2. The summed E-state index contributed by atoms with van der Waals surface area (Å²) in [6, 6.07) is 8.38. The van der Waals surface area contributed by atoms with Gasteiger partial charge in [0.05, 0.1) is 0 Å². The van der Waals surface area contributed by atoms with Crippen LogP contribution in [0.2, 0.25) is 0 Å². The van der Waals surface area contributed by atoms with Gasteiger partial charge in [-0.3, -0.25) is 14.5 Å². The van der Waals surface area contributed by atoms with Gasteiger partial charge in [-0.1, -0.05) is 36.8 Å². The highest BCUT2D eigenvalue weighted by atomic mass is 16.6. The third-order valence-electron chi connectivity index (χ3n) is 4.79. The van der Waals surface area contributed by atoms with E-state index in [-0.39, 0.29) is 18.6 Å². The third-order valence-corrected chi connectivity index (χ3v) is 4.79. The number of likely N-dealkylation sites (tertiary alicyclic amines) is 1. The van der Waals surface area contributed by atoms with Gasteiger partial charge in [-0.15, -0.1) is 0 Å². The molecule has 1 aromatic carbocycles. The second kappa shape index (κ2) is 10.6. The van der Waals surface area contributed by atoms with Gasteiger partial charge in [-0.2, -0.15) is 0 Å². The van der Waals surface area contributed by atoms with Gasteiger partial charge < -0.3 is 15.2 Å². The summed E-state index contributed by atoms with van der Waals surface area (Å²) in [6.45, 7) is 7.55. The zero-order valence-corrected chi connectivity index (χ0v) is 17.4. The first kappa shape index (κ1) is 22.4. The second-order valence-corrected chi connectivity index (χ2v) is 8.42. The summed E-state index contributed by atoms with van der Waals surface area (Å²) >= 11 is 0. The van der Waals surface area contributed by atoms with Crippen molar-refractivity contribution in [2.75, 3.05) is 13.1 Å². The molecule has 2 N–H and O–H groups in total. The Morgan fingerprint density at radius 3 is 2.29 bits per heavy atom. The van der Waals surface area contributed by atoms with Gasteiger partial charge in [0, 0.05) is 0 Å². The van der Waals surface area contributed by atoms with E-state index in [0.717, 1.165) is 31.5 Å². The Labute approximate surface area is 168 Å². The Kier molecular flexibility index (Phi) is 8.45. The average molecular weight is 391 g/mol. The van der Waals surface area contributed by atoms with Gasteiger partial charge in [0.2, 0.25) is 0 Å². The van der Waals surface area contributed by atoms with Crippen molar-refractivity contribution in [3.63, 3.8) is 0 Å². The van der Waals surface area contributed by atoms with Gasteiger partial charge in [-0.25, -0.2) is 0 Å². The van der Waals surface area contributed by atoms with Crippen LogP contribution in [0.5, 0.6) is 0 Å². The molecule has 28 heavy (non-hydrogen) atoms. The van der Waals surface area contributed by atoms with Gasteiger partial charge in [0.15, 0.2) is 0 Å². The van der Waals surface area contributed by atoms with Crippen molar-refractivity contribution in [1.82, 2.24) is 4.90 Å². The Morgan fingerprint density at radius 2 is 1.68 bits per heavy atom. The van der Waals surface area contributed by atoms with Crippen LogP contribution >= 0.6 is 0 Å². The van der Waals surface area contributed by atoms with Crippen molar-refractivity contribution >= 4 is 11.9 Å². The fourth-order valence-electron chi connectivity index (χ4n) is 3.34. The number of nitrogens with zero attached hydrogens (tertiary/aromatic N) is 1. The smallest absolute Gasteiger partial charge is 0.323 e. The highest BCUT2D eigenvalue weighted by Crippen LogP contribution is 2.20. The van der Waals surface area contributed by atoms with Crippen molar-refractivity contribution < 1.29 is 19.1 Å². The molecule has 6 heteroatoms. The van der Waals surface area contributed by atoms with E-state index in [1.165, 1.54) is 6.42 Å². The summed E-state index contributed by atoms with van der Waals surface area (Å²) in [4.78, 5) is 27.1. The minimum atomic E-state index is -0.751. The molecule has 6 nitrogen and oxygen atoms in total. The van der Waals surface area contributed by atoms with Crippen molar-refractivity contribution in [3.05, 3.63) is 35.9 Å². The zero-order chi connectivity index (χ0) is 20.6. The van der Waals surface area contributed by atoms with Crippen LogP contribution in [0.25, 0.3) is 0 Å². The molecule has 1 fully saturated rings. The molecule has 1 aromatic rings.